The maximum Gasteiger partial charge on any atom is 0.0707 e. The van der Waals surface area contributed by atoms with Gasteiger partial charge in [-0.3, -0.25) is 0 Å². The fourth-order valence-corrected chi connectivity index (χ4v) is 6.43. The Morgan fingerprint density at radius 3 is 1.03 bits per heavy atom. The van der Waals surface area contributed by atoms with Crippen LogP contribution < -0.4 is 0 Å². The normalized spacial score (nSPS) is 12.2. The summed E-state index contributed by atoms with van der Waals surface area (Å²) >= 11 is 0. The van der Waals surface area contributed by atoms with Crippen LogP contribution in [0.4, 0.5) is 0 Å². The van der Waals surface area contributed by atoms with Gasteiger partial charge in [0.15, 0.2) is 0 Å². The summed E-state index contributed by atoms with van der Waals surface area (Å²) in [5.74, 6) is 1.70. The van der Waals surface area contributed by atoms with E-state index in [-0.39, 0.29) is 0 Å². The van der Waals surface area contributed by atoms with E-state index in [1.54, 1.807) is 0 Å². The number of benzene rings is 4. The predicted molar refractivity (Wildman–Crippen MR) is 161 cm³/mol. The number of rotatable bonds is 8. The predicted octanol–water partition coefficient (Wildman–Crippen LogP) is 10.6. The molecule has 37 heavy (non-hydrogen) atoms. The minimum atomic E-state index is -0.433. The zero-order chi connectivity index (χ0) is 26.7. The third-order valence-electron chi connectivity index (χ3n) is 7.90. The average molecular weight is 489 g/mol. The summed E-state index contributed by atoms with van der Waals surface area (Å²) in [6.45, 7) is 18.8. The lowest BCUT2D eigenvalue weighted by Crippen LogP contribution is -2.34. The third-order valence-corrected chi connectivity index (χ3v) is 7.90. The molecule has 0 heteroatoms. The lowest BCUT2D eigenvalue weighted by molar-refractivity contribution is 0.671. The zero-order valence-corrected chi connectivity index (χ0v) is 24.0. The maximum atomic E-state index is 2.41. The highest BCUT2D eigenvalue weighted by Crippen LogP contribution is 2.51. The van der Waals surface area contributed by atoms with Gasteiger partial charge in [0, 0.05) is 0 Å². The highest BCUT2D eigenvalue weighted by atomic mass is 14.4. The van der Waals surface area contributed by atoms with E-state index in [2.05, 4.69) is 152 Å². The Morgan fingerprint density at radius 1 is 0.378 bits per heavy atom. The summed E-state index contributed by atoms with van der Waals surface area (Å²) in [5.41, 5.74) is 10.9. The number of hydrogen-bond acceptors (Lipinski definition) is 0. The van der Waals surface area contributed by atoms with Gasteiger partial charge in [0.1, 0.15) is 0 Å². The maximum absolute atomic E-state index is 2.41. The molecule has 0 bridgehead atoms. The molecule has 0 saturated heterocycles. The molecular weight excluding hydrogens is 444 g/mol. The Hall–Kier alpha value is -3.12. The van der Waals surface area contributed by atoms with Crippen molar-refractivity contribution in [3.8, 4) is 0 Å². The largest absolute Gasteiger partial charge is 0.0707 e. The van der Waals surface area contributed by atoms with Gasteiger partial charge in [0.2, 0.25) is 0 Å². The van der Waals surface area contributed by atoms with E-state index in [1.807, 2.05) is 0 Å². The molecule has 0 aliphatic rings. The Balaban J connectivity index is 2.32. The van der Waals surface area contributed by atoms with Crippen LogP contribution in [-0.4, -0.2) is 0 Å². The van der Waals surface area contributed by atoms with Crippen molar-refractivity contribution in [2.24, 2.45) is 0 Å². The molecule has 0 aromatic heterocycles. The molecule has 0 N–H and O–H groups in total. The van der Waals surface area contributed by atoms with Crippen LogP contribution in [-0.2, 0) is 5.41 Å². The monoisotopic (exact) mass is 488 g/mol. The van der Waals surface area contributed by atoms with Crippen LogP contribution in [0.5, 0.6) is 0 Å². The van der Waals surface area contributed by atoms with Crippen molar-refractivity contribution in [1.29, 1.82) is 0 Å². The van der Waals surface area contributed by atoms with Gasteiger partial charge in [0.25, 0.3) is 0 Å². The van der Waals surface area contributed by atoms with E-state index in [9.17, 15) is 0 Å². The molecule has 0 spiro atoms. The topological polar surface area (TPSA) is 0 Å². The van der Waals surface area contributed by atoms with E-state index >= 15 is 0 Å². The minimum absolute atomic E-state index is 0.399. The minimum Gasteiger partial charge on any atom is -0.0622 e. The van der Waals surface area contributed by atoms with Crippen molar-refractivity contribution in [3.63, 3.8) is 0 Å². The molecule has 4 aromatic carbocycles. The first-order valence-corrected chi connectivity index (χ1v) is 14.1. The van der Waals surface area contributed by atoms with Crippen molar-refractivity contribution in [1.82, 2.24) is 0 Å². The zero-order valence-electron chi connectivity index (χ0n) is 24.0. The van der Waals surface area contributed by atoms with Crippen LogP contribution in [0.3, 0.4) is 0 Å². The molecule has 4 rings (SSSR count). The van der Waals surface area contributed by atoms with Crippen LogP contribution in [0.15, 0.2) is 97.1 Å². The molecule has 0 amide bonds. The molecule has 0 aliphatic heterocycles. The van der Waals surface area contributed by atoms with Crippen LogP contribution in [0, 0.1) is 0 Å². The second-order valence-electron chi connectivity index (χ2n) is 11.7. The molecule has 0 heterocycles. The van der Waals surface area contributed by atoms with Crippen molar-refractivity contribution >= 4 is 0 Å². The molecule has 4 aromatic rings. The average Bonchev–Trinajstić information content (AvgIpc) is 2.89. The van der Waals surface area contributed by atoms with Crippen molar-refractivity contribution in [3.05, 3.63) is 142 Å². The van der Waals surface area contributed by atoms with Gasteiger partial charge >= 0.3 is 0 Å². The van der Waals surface area contributed by atoms with Crippen LogP contribution in [0.1, 0.15) is 124 Å². The Morgan fingerprint density at radius 2 is 0.730 bits per heavy atom. The van der Waals surface area contributed by atoms with E-state index in [1.165, 1.54) is 44.5 Å². The molecule has 0 aliphatic carbocycles. The first kappa shape index (κ1) is 26.9. The van der Waals surface area contributed by atoms with E-state index in [0.29, 0.717) is 23.7 Å². The fraction of sp³-hybridized carbons (Fsp3) is 0.351. The third kappa shape index (κ3) is 4.79. The van der Waals surface area contributed by atoms with E-state index in [4.69, 9.17) is 0 Å². The number of hydrogen-bond donors (Lipinski definition) is 0. The molecule has 0 atom stereocenters. The first-order chi connectivity index (χ1) is 17.7. The van der Waals surface area contributed by atoms with Gasteiger partial charge in [-0.05, 0) is 68.2 Å². The van der Waals surface area contributed by atoms with Gasteiger partial charge in [0.05, 0.1) is 5.41 Å². The Labute approximate surface area is 225 Å². The van der Waals surface area contributed by atoms with Gasteiger partial charge in [-0.2, -0.15) is 0 Å². The van der Waals surface area contributed by atoms with Crippen LogP contribution >= 0.6 is 0 Å². The lowest BCUT2D eigenvalue weighted by Gasteiger charge is -2.42. The molecule has 192 valence electrons. The van der Waals surface area contributed by atoms with Crippen LogP contribution in [0.2, 0.25) is 0 Å². The van der Waals surface area contributed by atoms with Gasteiger partial charge in [-0.25, -0.2) is 0 Å². The summed E-state index contributed by atoms with van der Waals surface area (Å²) < 4.78 is 0. The second-order valence-corrected chi connectivity index (χ2v) is 11.7. The van der Waals surface area contributed by atoms with Gasteiger partial charge in [-0.1, -0.05) is 152 Å². The van der Waals surface area contributed by atoms with Crippen molar-refractivity contribution < 1.29 is 0 Å². The van der Waals surface area contributed by atoms with E-state index in [0.717, 1.165) is 0 Å². The molecular formula is C37H44. The summed E-state index contributed by atoms with van der Waals surface area (Å²) in [6.07, 6.45) is 0. The Bertz CT molecular complexity index is 1200. The SMILES string of the molecule is CC(C)c1cccc(C(c2ccccc2)(c2ccccc2)c2cccc(C(C)C)c2C(C)C)c1C(C)C. The second kappa shape index (κ2) is 11.1. The highest BCUT2D eigenvalue weighted by Gasteiger charge is 2.43. The van der Waals surface area contributed by atoms with Gasteiger partial charge < -0.3 is 0 Å². The first-order valence-electron chi connectivity index (χ1n) is 14.1. The molecule has 0 unspecified atom stereocenters. The summed E-state index contributed by atoms with van der Waals surface area (Å²) in [4.78, 5) is 0. The summed E-state index contributed by atoms with van der Waals surface area (Å²) in [6, 6.07) is 36.5. The highest BCUT2D eigenvalue weighted by molar-refractivity contribution is 5.66. The quantitative estimate of drug-likeness (QED) is 0.216. The molecule has 0 saturated carbocycles. The summed E-state index contributed by atoms with van der Waals surface area (Å²) in [5, 5.41) is 0. The van der Waals surface area contributed by atoms with E-state index < -0.39 is 5.41 Å². The van der Waals surface area contributed by atoms with Crippen LogP contribution in [0.25, 0.3) is 0 Å². The molecule has 0 fully saturated rings. The van der Waals surface area contributed by atoms with Crippen molar-refractivity contribution in [2.75, 3.05) is 0 Å². The lowest BCUT2D eigenvalue weighted by atomic mass is 9.60. The fourth-order valence-electron chi connectivity index (χ4n) is 6.43. The smallest absolute Gasteiger partial charge is 0.0622 e. The van der Waals surface area contributed by atoms with Gasteiger partial charge in [-0.15, -0.1) is 0 Å². The Kier molecular flexibility index (Phi) is 8.08. The molecule has 0 nitrogen and oxygen atoms in total. The molecule has 0 radical (unpaired) electrons. The standard InChI is InChI=1S/C37H44/c1-25(2)31-21-15-23-33(35(31)27(5)6)37(29-17-11-9-12-18-29,30-19-13-10-14-20-30)34-24-16-22-32(26(3)4)36(34)28(7)8/h9-28H,1-8H3. The summed E-state index contributed by atoms with van der Waals surface area (Å²) in [7, 11) is 0. The van der Waals surface area contributed by atoms with Crippen molar-refractivity contribution in [2.45, 2.75) is 84.5 Å².